The summed E-state index contributed by atoms with van der Waals surface area (Å²) in [6, 6.07) is 1.44. The molecule has 2 aromatic heterocycles. The van der Waals surface area contributed by atoms with E-state index in [1.165, 1.54) is 6.07 Å². The molecule has 0 aliphatic carbocycles. The molecule has 6 heteroatoms. The fraction of sp³-hybridized carbons (Fsp3) is 0.200. The second kappa shape index (κ2) is 4.40. The van der Waals surface area contributed by atoms with Gasteiger partial charge in [-0.1, -0.05) is 11.6 Å². The number of halogens is 1. The van der Waals surface area contributed by atoms with Crippen LogP contribution in [0, 0.1) is 0 Å². The average molecular weight is 240 g/mol. The van der Waals surface area contributed by atoms with Crippen LogP contribution >= 0.6 is 11.6 Å². The smallest absolute Gasteiger partial charge is 0.352 e. The number of hydrogen-bond acceptors (Lipinski definition) is 2. The van der Waals surface area contributed by atoms with Crippen molar-refractivity contribution in [2.75, 3.05) is 0 Å². The molecule has 0 bridgehead atoms. The van der Waals surface area contributed by atoms with E-state index in [9.17, 15) is 4.79 Å². The Bertz CT molecular complexity index is 490. The minimum Gasteiger partial charge on any atom is -0.477 e. The van der Waals surface area contributed by atoms with Gasteiger partial charge in [-0.25, -0.2) is 9.78 Å². The molecule has 0 fully saturated rings. The lowest BCUT2D eigenvalue weighted by atomic mass is 10.4. The summed E-state index contributed by atoms with van der Waals surface area (Å²) >= 11 is 5.77. The third-order valence-electron chi connectivity index (χ3n) is 2.24. The summed E-state index contributed by atoms with van der Waals surface area (Å²) in [4.78, 5) is 14.8. The zero-order valence-electron chi connectivity index (χ0n) is 8.38. The van der Waals surface area contributed by atoms with Gasteiger partial charge in [-0.3, -0.25) is 0 Å². The van der Waals surface area contributed by atoms with Crippen LogP contribution in [0.1, 0.15) is 10.5 Å². The van der Waals surface area contributed by atoms with E-state index >= 15 is 0 Å². The van der Waals surface area contributed by atoms with E-state index in [2.05, 4.69) is 4.98 Å². The number of rotatable bonds is 4. The largest absolute Gasteiger partial charge is 0.477 e. The molecule has 1 N–H and O–H groups in total. The Morgan fingerprint density at radius 1 is 1.50 bits per heavy atom. The van der Waals surface area contributed by atoms with Crippen LogP contribution < -0.4 is 0 Å². The highest BCUT2D eigenvalue weighted by atomic mass is 35.5. The first-order valence-corrected chi connectivity index (χ1v) is 5.09. The van der Waals surface area contributed by atoms with Crippen molar-refractivity contribution < 1.29 is 9.90 Å². The van der Waals surface area contributed by atoms with Crippen molar-refractivity contribution >= 4 is 17.6 Å². The van der Waals surface area contributed by atoms with Gasteiger partial charge in [0.15, 0.2) is 0 Å². The van der Waals surface area contributed by atoms with Crippen LogP contribution in [0.25, 0.3) is 0 Å². The van der Waals surface area contributed by atoms with E-state index in [1.54, 1.807) is 23.3 Å². The van der Waals surface area contributed by atoms with Crippen LogP contribution in [0.3, 0.4) is 0 Å². The molecule has 5 nitrogen and oxygen atoms in total. The Balaban J connectivity index is 2.12. The highest BCUT2D eigenvalue weighted by molar-refractivity contribution is 6.30. The topological polar surface area (TPSA) is 60.0 Å². The molecule has 2 heterocycles. The van der Waals surface area contributed by atoms with Gasteiger partial charge in [0, 0.05) is 31.7 Å². The van der Waals surface area contributed by atoms with Crippen LogP contribution in [0.5, 0.6) is 0 Å². The van der Waals surface area contributed by atoms with E-state index in [1.807, 2.05) is 10.8 Å². The summed E-state index contributed by atoms with van der Waals surface area (Å²) in [5.41, 5.74) is 0.199. The molecule has 2 rings (SSSR count). The van der Waals surface area contributed by atoms with Crippen LogP contribution in [-0.4, -0.2) is 25.2 Å². The van der Waals surface area contributed by atoms with Gasteiger partial charge in [0.1, 0.15) is 5.69 Å². The summed E-state index contributed by atoms with van der Waals surface area (Å²) in [5, 5.41) is 9.37. The molecule has 2 aromatic rings. The number of aromatic nitrogens is 3. The number of carboxylic acid groups (broad SMARTS) is 1. The minimum absolute atomic E-state index is 0.199. The molecule has 0 aliphatic rings. The predicted molar refractivity (Wildman–Crippen MR) is 58.6 cm³/mol. The second-order valence-electron chi connectivity index (χ2n) is 3.34. The molecular formula is C10H10ClN3O2. The van der Waals surface area contributed by atoms with Crippen molar-refractivity contribution in [2.45, 2.75) is 13.1 Å². The second-order valence-corrected chi connectivity index (χ2v) is 3.78. The molecule has 0 saturated heterocycles. The molecule has 0 aromatic carbocycles. The molecule has 0 radical (unpaired) electrons. The van der Waals surface area contributed by atoms with Crippen molar-refractivity contribution in [3.05, 3.63) is 41.7 Å². The quantitative estimate of drug-likeness (QED) is 0.884. The molecule has 0 amide bonds. The maximum Gasteiger partial charge on any atom is 0.352 e. The summed E-state index contributed by atoms with van der Waals surface area (Å²) < 4.78 is 3.49. The lowest BCUT2D eigenvalue weighted by Gasteiger charge is -2.06. The van der Waals surface area contributed by atoms with Gasteiger partial charge in [0.2, 0.25) is 0 Å². The number of carbonyl (C=O) groups is 1. The van der Waals surface area contributed by atoms with Crippen molar-refractivity contribution in [1.29, 1.82) is 0 Å². The SMILES string of the molecule is O=C(O)c1cc(Cl)cn1CCn1ccnc1. The van der Waals surface area contributed by atoms with E-state index in [0.717, 1.165) is 0 Å². The highest BCUT2D eigenvalue weighted by Gasteiger charge is 2.11. The monoisotopic (exact) mass is 239 g/mol. The van der Waals surface area contributed by atoms with Gasteiger partial charge in [-0.05, 0) is 6.07 Å². The molecule has 16 heavy (non-hydrogen) atoms. The summed E-state index contributed by atoms with van der Waals surface area (Å²) in [6.45, 7) is 1.20. The molecule has 0 unspecified atom stereocenters. The first-order valence-electron chi connectivity index (χ1n) is 4.71. The molecule has 0 aliphatic heterocycles. The van der Waals surface area contributed by atoms with Crippen LogP contribution in [0.4, 0.5) is 0 Å². The Morgan fingerprint density at radius 3 is 2.94 bits per heavy atom. The number of carboxylic acids is 1. The van der Waals surface area contributed by atoms with Crippen LogP contribution in [0.15, 0.2) is 31.0 Å². The normalized spacial score (nSPS) is 10.6. The number of nitrogens with zero attached hydrogens (tertiary/aromatic N) is 3. The van der Waals surface area contributed by atoms with Gasteiger partial charge in [-0.2, -0.15) is 0 Å². The van der Waals surface area contributed by atoms with Crippen molar-refractivity contribution in [3.8, 4) is 0 Å². The number of hydrogen-bond donors (Lipinski definition) is 1. The standard InChI is InChI=1S/C10H10ClN3O2/c11-8-5-9(10(15)16)14(6-8)4-3-13-2-1-12-7-13/h1-2,5-7H,3-4H2,(H,15,16). The molecule has 0 atom stereocenters. The predicted octanol–water partition coefficient (Wildman–Crippen LogP) is 1.74. The summed E-state index contributed by atoms with van der Waals surface area (Å²) in [5.74, 6) is -0.975. The lowest BCUT2D eigenvalue weighted by Crippen LogP contribution is -2.11. The minimum atomic E-state index is -0.975. The zero-order chi connectivity index (χ0) is 11.5. The van der Waals surface area contributed by atoms with E-state index in [-0.39, 0.29) is 5.69 Å². The zero-order valence-corrected chi connectivity index (χ0v) is 9.13. The third-order valence-corrected chi connectivity index (χ3v) is 2.45. The fourth-order valence-electron chi connectivity index (χ4n) is 1.48. The Morgan fingerprint density at radius 2 is 2.31 bits per heavy atom. The average Bonchev–Trinajstić information content (AvgIpc) is 2.83. The Hall–Kier alpha value is -1.75. The van der Waals surface area contributed by atoms with Crippen LogP contribution in [0.2, 0.25) is 5.02 Å². The molecule has 0 saturated carbocycles. The highest BCUT2D eigenvalue weighted by Crippen LogP contribution is 2.14. The summed E-state index contributed by atoms with van der Waals surface area (Å²) in [6.07, 6.45) is 6.81. The van der Waals surface area contributed by atoms with Crippen molar-refractivity contribution in [2.24, 2.45) is 0 Å². The molecule has 0 spiro atoms. The lowest BCUT2D eigenvalue weighted by molar-refractivity contribution is 0.0684. The third kappa shape index (κ3) is 2.25. The van der Waals surface area contributed by atoms with E-state index in [0.29, 0.717) is 18.1 Å². The maximum atomic E-state index is 10.9. The number of aromatic carboxylic acids is 1. The van der Waals surface area contributed by atoms with Gasteiger partial charge >= 0.3 is 5.97 Å². The van der Waals surface area contributed by atoms with Gasteiger partial charge < -0.3 is 14.2 Å². The molecular weight excluding hydrogens is 230 g/mol. The number of imidazole rings is 1. The van der Waals surface area contributed by atoms with Crippen molar-refractivity contribution in [1.82, 2.24) is 14.1 Å². The molecule has 84 valence electrons. The van der Waals surface area contributed by atoms with Crippen LogP contribution in [-0.2, 0) is 13.1 Å². The summed E-state index contributed by atoms with van der Waals surface area (Å²) in [7, 11) is 0. The van der Waals surface area contributed by atoms with Crippen molar-refractivity contribution in [3.63, 3.8) is 0 Å². The van der Waals surface area contributed by atoms with Gasteiger partial charge in [0.05, 0.1) is 11.3 Å². The van der Waals surface area contributed by atoms with E-state index < -0.39 is 5.97 Å². The Labute approximate surface area is 96.9 Å². The maximum absolute atomic E-state index is 10.9. The first kappa shape index (κ1) is 10.8. The fourth-order valence-corrected chi connectivity index (χ4v) is 1.70. The van der Waals surface area contributed by atoms with Gasteiger partial charge in [0.25, 0.3) is 0 Å². The first-order chi connectivity index (χ1) is 7.66. The van der Waals surface area contributed by atoms with E-state index in [4.69, 9.17) is 16.7 Å². The number of aryl methyl sites for hydroxylation is 2. The van der Waals surface area contributed by atoms with Gasteiger partial charge in [-0.15, -0.1) is 0 Å². The Kier molecular flexibility index (Phi) is 2.96.